The number of nitrogens with zero attached hydrogens (tertiary/aromatic N) is 1. The van der Waals surface area contributed by atoms with Crippen LogP contribution in [0.25, 0.3) is 11.1 Å². The Kier molecular flexibility index (Phi) is 8.68. The van der Waals surface area contributed by atoms with Crippen molar-refractivity contribution in [2.45, 2.75) is 33.2 Å². The summed E-state index contributed by atoms with van der Waals surface area (Å²) in [6.45, 7) is 6.28. The molecule has 1 atom stereocenters. The highest BCUT2D eigenvalue weighted by atomic mass is 35.5. The summed E-state index contributed by atoms with van der Waals surface area (Å²) in [6, 6.07) is 15.4. The SMILES string of the molecule is COc1cccc(-c2c(C)sc(N(C)C(C)C=CNS(=O)(=O)CCc3ccccc3Cl)c2C)c1. The van der Waals surface area contributed by atoms with Crippen LogP contribution in [0.15, 0.2) is 60.8 Å². The highest BCUT2D eigenvalue weighted by Gasteiger charge is 2.19. The lowest BCUT2D eigenvalue weighted by atomic mass is 10.0. The van der Waals surface area contributed by atoms with Crippen molar-refractivity contribution in [3.63, 3.8) is 0 Å². The maximum absolute atomic E-state index is 12.4. The number of halogens is 1. The van der Waals surface area contributed by atoms with Gasteiger partial charge in [0.15, 0.2) is 0 Å². The standard InChI is InChI=1S/C26H31ClN2O3S2/c1-18(13-15-28-34(30,31)16-14-21-9-6-7-12-24(21)27)29(4)26-19(2)25(20(3)33-26)22-10-8-11-23(17-22)32-5/h6-13,15,17-18,28H,14,16H2,1-5H3. The topological polar surface area (TPSA) is 58.6 Å². The molecular formula is C26H31ClN2O3S2. The van der Waals surface area contributed by atoms with Crippen LogP contribution < -0.4 is 14.4 Å². The van der Waals surface area contributed by atoms with Gasteiger partial charge in [-0.1, -0.05) is 41.9 Å². The molecule has 1 heterocycles. The second-order valence-electron chi connectivity index (χ2n) is 8.18. The number of anilines is 1. The third-order valence-electron chi connectivity index (χ3n) is 5.81. The predicted octanol–water partition coefficient (Wildman–Crippen LogP) is 6.19. The van der Waals surface area contributed by atoms with Crippen molar-refractivity contribution in [2.75, 3.05) is 24.8 Å². The average molecular weight is 519 g/mol. The zero-order chi connectivity index (χ0) is 24.9. The molecule has 5 nitrogen and oxygen atoms in total. The molecule has 0 spiro atoms. The van der Waals surface area contributed by atoms with Crippen molar-refractivity contribution in [1.29, 1.82) is 0 Å². The lowest BCUT2D eigenvalue weighted by molar-refractivity contribution is 0.415. The molecule has 0 aliphatic rings. The third-order valence-corrected chi connectivity index (χ3v) is 8.71. The second kappa shape index (κ2) is 11.3. The van der Waals surface area contributed by atoms with Gasteiger partial charge in [0.2, 0.25) is 10.0 Å². The van der Waals surface area contributed by atoms with E-state index in [0.717, 1.165) is 21.9 Å². The van der Waals surface area contributed by atoms with Gasteiger partial charge in [-0.25, -0.2) is 8.42 Å². The van der Waals surface area contributed by atoms with Crippen LogP contribution in [0.4, 0.5) is 5.00 Å². The van der Waals surface area contributed by atoms with E-state index in [0.29, 0.717) is 11.4 Å². The van der Waals surface area contributed by atoms with Gasteiger partial charge >= 0.3 is 0 Å². The lowest BCUT2D eigenvalue weighted by Gasteiger charge is -2.24. The van der Waals surface area contributed by atoms with Crippen molar-refractivity contribution in [1.82, 2.24) is 4.72 Å². The first-order valence-corrected chi connectivity index (χ1v) is 13.8. The molecule has 0 aliphatic carbocycles. The number of sulfonamides is 1. The van der Waals surface area contributed by atoms with Gasteiger partial charge in [0.1, 0.15) is 5.75 Å². The van der Waals surface area contributed by atoms with Gasteiger partial charge in [0, 0.05) is 34.8 Å². The first kappa shape index (κ1) is 26.1. The molecule has 1 N–H and O–H groups in total. The number of ether oxygens (including phenoxy) is 1. The Morgan fingerprint density at radius 1 is 1.18 bits per heavy atom. The number of rotatable bonds is 10. The quantitative estimate of drug-likeness (QED) is 0.347. The van der Waals surface area contributed by atoms with Gasteiger partial charge < -0.3 is 9.64 Å². The number of methoxy groups -OCH3 is 1. The number of nitrogens with one attached hydrogen (secondary N) is 1. The summed E-state index contributed by atoms with van der Waals surface area (Å²) in [7, 11) is 0.235. The third kappa shape index (κ3) is 6.34. The van der Waals surface area contributed by atoms with Crippen molar-refractivity contribution in [2.24, 2.45) is 0 Å². The van der Waals surface area contributed by atoms with Gasteiger partial charge in [-0.05, 0) is 68.2 Å². The fourth-order valence-electron chi connectivity index (χ4n) is 3.78. The zero-order valence-corrected chi connectivity index (χ0v) is 22.5. The molecule has 0 saturated carbocycles. The molecule has 1 aromatic heterocycles. The fourth-order valence-corrected chi connectivity index (χ4v) is 6.13. The summed E-state index contributed by atoms with van der Waals surface area (Å²) in [5, 5.41) is 1.73. The molecule has 0 bridgehead atoms. The van der Waals surface area contributed by atoms with E-state index in [9.17, 15) is 8.42 Å². The maximum atomic E-state index is 12.4. The maximum Gasteiger partial charge on any atom is 0.232 e. The van der Waals surface area contributed by atoms with Crippen LogP contribution in [0.2, 0.25) is 5.02 Å². The Morgan fingerprint density at radius 2 is 1.91 bits per heavy atom. The van der Waals surface area contributed by atoms with E-state index in [1.54, 1.807) is 24.5 Å². The first-order chi connectivity index (χ1) is 16.1. The predicted molar refractivity (Wildman–Crippen MR) is 145 cm³/mol. The van der Waals surface area contributed by atoms with E-state index in [4.69, 9.17) is 16.3 Å². The number of likely N-dealkylation sites (N-methyl/N-ethyl adjacent to an activating group) is 1. The van der Waals surface area contributed by atoms with Crippen molar-refractivity contribution in [3.05, 3.63) is 81.8 Å². The molecule has 2 aromatic carbocycles. The Hall–Kier alpha value is -2.48. The van der Waals surface area contributed by atoms with Crippen molar-refractivity contribution >= 4 is 38.0 Å². The Labute approximate surface area is 212 Å². The Bertz CT molecular complexity index is 1270. The van der Waals surface area contributed by atoms with Gasteiger partial charge in [-0.3, -0.25) is 4.72 Å². The molecule has 3 rings (SSSR count). The van der Waals surface area contributed by atoms with Crippen LogP contribution in [0.5, 0.6) is 5.75 Å². The summed E-state index contributed by atoms with van der Waals surface area (Å²) in [4.78, 5) is 3.38. The van der Waals surface area contributed by atoms with Crippen LogP contribution in [0.1, 0.15) is 22.9 Å². The molecule has 0 radical (unpaired) electrons. The van der Waals surface area contributed by atoms with Crippen molar-refractivity contribution in [3.8, 4) is 16.9 Å². The van der Waals surface area contributed by atoms with Gasteiger partial charge in [-0.2, -0.15) is 0 Å². The summed E-state index contributed by atoms with van der Waals surface area (Å²) >= 11 is 7.86. The number of aryl methyl sites for hydroxylation is 2. The molecule has 182 valence electrons. The lowest BCUT2D eigenvalue weighted by Crippen LogP contribution is -2.28. The molecule has 0 aliphatic heterocycles. The number of benzene rings is 2. The van der Waals surface area contributed by atoms with E-state index in [-0.39, 0.29) is 11.8 Å². The van der Waals surface area contributed by atoms with Gasteiger partial charge in [0.25, 0.3) is 0 Å². The summed E-state index contributed by atoms with van der Waals surface area (Å²) in [5.74, 6) is 0.800. The van der Waals surface area contributed by atoms with E-state index in [1.165, 1.54) is 22.2 Å². The normalized spacial score (nSPS) is 12.6. The number of hydrogen-bond donors (Lipinski definition) is 1. The zero-order valence-electron chi connectivity index (χ0n) is 20.1. The molecule has 1 unspecified atom stereocenters. The fraction of sp³-hybridized carbons (Fsp3) is 0.308. The molecular weight excluding hydrogens is 488 g/mol. The molecule has 8 heteroatoms. The Balaban J connectivity index is 1.67. The van der Waals surface area contributed by atoms with Crippen LogP contribution in [-0.2, 0) is 16.4 Å². The Morgan fingerprint density at radius 3 is 2.62 bits per heavy atom. The van der Waals surface area contributed by atoms with E-state index >= 15 is 0 Å². The summed E-state index contributed by atoms with van der Waals surface area (Å²) in [6.07, 6.45) is 3.73. The highest BCUT2D eigenvalue weighted by Crippen LogP contribution is 2.42. The van der Waals surface area contributed by atoms with Gasteiger partial charge in [0.05, 0.1) is 17.9 Å². The van der Waals surface area contributed by atoms with Crippen LogP contribution >= 0.6 is 22.9 Å². The van der Waals surface area contributed by atoms with Crippen LogP contribution in [0.3, 0.4) is 0 Å². The summed E-state index contributed by atoms with van der Waals surface area (Å²) < 4.78 is 32.8. The minimum atomic E-state index is -3.46. The molecule has 0 fully saturated rings. The second-order valence-corrected chi connectivity index (χ2v) is 11.7. The summed E-state index contributed by atoms with van der Waals surface area (Å²) in [5.41, 5.74) is 4.35. The van der Waals surface area contributed by atoms with Crippen LogP contribution in [-0.4, -0.2) is 34.4 Å². The minimum Gasteiger partial charge on any atom is -0.497 e. The number of thiophene rings is 1. The largest absolute Gasteiger partial charge is 0.497 e. The van der Waals surface area contributed by atoms with Crippen molar-refractivity contribution < 1.29 is 13.2 Å². The average Bonchev–Trinajstić information content (AvgIpc) is 3.11. The molecule has 0 amide bonds. The molecule has 3 aromatic rings. The minimum absolute atomic E-state index is 0.0128. The number of hydrogen-bond acceptors (Lipinski definition) is 5. The monoisotopic (exact) mass is 518 g/mol. The van der Waals surface area contributed by atoms with E-state index < -0.39 is 10.0 Å². The molecule has 34 heavy (non-hydrogen) atoms. The van der Waals surface area contributed by atoms with Gasteiger partial charge in [-0.15, -0.1) is 11.3 Å². The van der Waals surface area contributed by atoms with E-state index in [2.05, 4.69) is 29.5 Å². The molecule has 0 saturated heterocycles. The highest BCUT2D eigenvalue weighted by molar-refractivity contribution is 7.89. The van der Waals surface area contributed by atoms with Crippen LogP contribution in [0, 0.1) is 13.8 Å². The smallest absolute Gasteiger partial charge is 0.232 e. The van der Waals surface area contributed by atoms with E-state index in [1.807, 2.05) is 56.4 Å². The first-order valence-electron chi connectivity index (χ1n) is 11.0.